The Kier molecular flexibility index (Phi) is 5.26. The summed E-state index contributed by atoms with van der Waals surface area (Å²) in [6.45, 7) is 2.97. The molecule has 0 aliphatic carbocycles. The van der Waals surface area contributed by atoms with Gasteiger partial charge < -0.3 is 24.8 Å². The fraction of sp³-hybridized carbons (Fsp3) is 0.571. The maximum absolute atomic E-state index is 15.4. The quantitative estimate of drug-likeness (QED) is 0.701. The van der Waals surface area contributed by atoms with Crippen molar-refractivity contribution in [3.8, 4) is 0 Å². The van der Waals surface area contributed by atoms with Crippen LogP contribution in [0.3, 0.4) is 0 Å². The number of likely N-dealkylation sites (N-methyl/N-ethyl adjacent to an activating group) is 2. The molecule has 4 heterocycles. The zero-order valence-corrected chi connectivity index (χ0v) is 19.5. The molecule has 2 atom stereocenters. The molecule has 2 fully saturated rings. The number of halogens is 2. The summed E-state index contributed by atoms with van der Waals surface area (Å²) in [6, 6.07) is 0.0134. The molecule has 3 aliphatic heterocycles. The fourth-order valence-corrected chi connectivity index (χ4v) is 5.23. The molecule has 0 bridgehead atoms. The highest BCUT2D eigenvalue weighted by Gasteiger charge is 2.33. The third-order valence-electron chi connectivity index (χ3n) is 6.64. The van der Waals surface area contributed by atoms with Crippen molar-refractivity contribution >= 4 is 44.5 Å². The zero-order valence-electron chi connectivity index (χ0n) is 17.9. The van der Waals surface area contributed by atoms with Crippen LogP contribution >= 0.6 is 15.9 Å². The Balaban J connectivity index is 1.64. The molecular weight excluding hydrogens is 467 g/mol. The van der Waals surface area contributed by atoms with Crippen LogP contribution in [0.25, 0.3) is 10.9 Å². The number of amides is 1. The van der Waals surface area contributed by atoms with Gasteiger partial charge in [-0.15, -0.1) is 0 Å². The molecule has 2 aromatic rings. The van der Waals surface area contributed by atoms with Gasteiger partial charge >= 0.3 is 0 Å². The van der Waals surface area contributed by atoms with E-state index in [1.54, 1.807) is 11.9 Å². The summed E-state index contributed by atoms with van der Waals surface area (Å²) in [6.07, 6.45) is 1.67. The van der Waals surface area contributed by atoms with E-state index in [0.717, 1.165) is 30.6 Å². The monoisotopic (exact) mass is 492 g/mol. The molecule has 1 amide bonds. The van der Waals surface area contributed by atoms with Gasteiger partial charge in [-0.25, -0.2) is 9.37 Å². The van der Waals surface area contributed by atoms with Crippen molar-refractivity contribution in [2.45, 2.75) is 38.1 Å². The first-order valence-corrected chi connectivity index (χ1v) is 11.4. The third kappa shape index (κ3) is 3.44. The van der Waals surface area contributed by atoms with Crippen LogP contribution in [0, 0.1) is 5.82 Å². The minimum atomic E-state index is -0.413. The number of nitrogens with zero attached hydrogens (tertiary/aromatic N) is 5. The topological polar surface area (TPSA) is 73.8 Å². The van der Waals surface area contributed by atoms with E-state index in [-0.39, 0.29) is 17.5 Å². The molecule has 0 spiro atoms. The van der Waals surface area contributed by atoms with Crippen LogP contribution in [-0.4, -0.2) is 78.5 Å². The normalized spacial score (nSPS) is 23.5. The second-order valence-corrected chi connectivity index (χ2v) is 9.56. The van der Waals surface area contributed by atoms with Crippen molar-refractivity contribution in [1.82, 2.24) is 19.8 Å². The van der Waals surface area contributed by atoms with Gasteiger partial charge in [0.25, 0.3) is 0 Å². The van der Waals surface area contributed by atoms with E-state index in [4.69, 9.17) is 9.72 Å². The van der Waals surface area contributed by atoms with Gasteiger partial charge in [0.2, 0.25) is 11.9 Å². The number of aromatic nitrogens is 2. The lowest BCUT2D eigenvalue weighted by molar-refractivity contribution is -0.127. The highest BCUT2D eigenvalue weighted by molar-refractivity contribution is 9.10. The van der Waals surface area contributed by atoms with Gasteiger partial charge in [0.05, 0.1) is 23.1 Å². The van der Waals surface area contributed by atoms with Gasteiger partial charge in [-0.1, -0.05) is 0 Å². The SMILES string of the molecule is CN1CCC(Nc2nc(N3CC[C@H](N(C)C)C3)nc3c(F)c(Br)c4c(c23)COC4)C1=O. The number of hydrogen-bond donors (Lipinski definition) is 1. The Bertz CT molecular complexity index is 1060. The molecule has 10 heteroatoms. The number of benzene rings is 1. The van der Waals surface area contributed by atoms with Crippen molar-refractivity contribution in [2.75, 3.05) is 51.0 Å². The second kappa shape index (κ2) is 7.83. The number of fused-ring (bicyclic) bond motifs is 3. The van der Waals surface area contributed by atoms with E-state index in [1.807, 2.05) is 0 Å². The van der Waals surface area contributed by atoms with Gasteiger partial charge in [-0.2, -0.15) is 4.98 Å². The number of hydrogen-bond acceptors (Lipinski definition) is 7. The number of rotatable bonds is 4. The lowest BCUT2D eigenvalue weighted by Gasteiger charge is -2.23. The smallest absolute Gasteiger partial charge is 0.244 e. The van der Waals surface area contributed by atoms with Gasteiger partial charge in [-0.3, -0.25) is 4.79 Å². The van der Waals surface area contributed by atoms with Crippen LogP contribution in [-0.2, 0) is 22.7 Å². The number of ether oxygens (including phenoxy) is 1. The number of likely N-dealkylation sites (tertiary alicyclic amines) is 1. The summed E-state index contributed by atoms with van der Waals surface area (Å²) in [5, 5.41) is 3.93. The summed E-state index contributed by atoms with van der Waals surface area (Å²) in [5.41, 5.74) is 1.92. The predicted octanol–water partition coefficient (Wildman–Crippen LogP) is 2.34. The average molecular weight is 493 g/mol. The molecule has 31 heavy (non-hydrogen) atoms. The Hall–Kier alpha value is -2.04. The Labute approximate surface area is 188 Å². The Morgan fingerprint density at radius 1 is 1.19 bits per heavy atom. The third-order valence-corrected chi connectivity index (χ3v) is 7.46. The number of anilines is 2. The minimum Gasteiger partial charge on any atom is -0.372 e. The van der Waals surface area contributed by atoms with Crippen molar-refractivity contribution in [1.29, 1.82) is 0 Å². The first kappa shape index (κ1) is 20.8. The maximum atomic E-state index is 15.4. The van der Waals surface area contributed by atoms with Crippen LogP contribution in [0.2, 0.25) is 0 Å². The molecule has 1 N–H and O–H groups in total. The van der Waals surface area contributed by atoms with Crippen molar-refractivity contribution in [3.05, 3.63) is 21.4 Å². The summed E-state index contributed by atoms with van der Waals surface area (Å²) in [4.78, 5) is 28.0. The van der Waals surface area contributed by atoms with Gasteiger partial charge in [-0.05, 0) is 48.4 Å². The van der Waals surface area contributed by atoms with Gasteiger partial charge in [0, 0.05) is 38.3 Å². The number of nitrogens with one attached hydrogen (secondary N) is 1. The zero-order chi connectivity index (χ0) is 21.9. The Morgan fingerprint density at radius 2 is 1.97 bits per heavy atom. The summed E-state index contributed by atoms with van der Waals surface area (Å²) in [5.74, 6) is 0.606. The summed E-state index contributed by atoms with van der Waals surface area (Å²) < 4.78 is 21.5. The molecule has 0 saturated carbocycles. The molecule has 5 rings (SSSR count). The van der Waals surface area contributed by atoms with Gasteiger partial charge in [0.1, 0.15) is 17.4 Å². The molecule has 3 aliphatic rings. The highest BCUT2D eigenvalue weighted by Crippen LogP contribution is 2.40. The molecule has 0 radical (unpaired) electrons. The lowest BCUT2D eigenvalue weighted by Crippen LogP contribution is -2.33. The van der Waals surface area contributed by atoms with E-state index in [0.29, 0.717) is 53.8 Å². The standard InChI is InChI=1S/C21H26BrFN6O2/c1-27(2)11-4-7-29(8-11)21-25-18-15(12-9-31-10-13(12)16(22)17(18)23)19(26-21)24-14-5-6-28(3)20(14)30/h11,14H,4-10H2,1-3H3,(H,24,25,26)/t11-,14?/m0/s1. The first-order valence-electron chi connectivity index (χ1n) is 10.6. The van der Waals surface area contributed by atoms with Crippen LogP contribution in [0.4, 0.5) is 16.2 Å². The molecule has 1 aromatic heterocycles. The van der Waals surface area contributed by atoms with Gasteiger partial charge in [0.15, 0.2) is 5.82 Å². The molecule has 8 nitrogen and oxygen atoms in total. The average Bonchev–Trinajstić information content (AvgIpc) is 3.49. The highest BCUT2D eigenvalue weighted by atomic mass is 79.9. The van der Waals surface area contributed by atoms with Crippen LogP contribution < -0.4 is 10.2 Å². The number of carbonyl (C=O) groups is 1. The van der Waals surface area contributed by atoms with Crippen LogP contribution in [0.5, 0.6) is 0 Å². The minimum absolute atomic E-state index is 0.0210. The summed E-state index contributed by atoms with van der Waals surface area (Å²) >= 11 is 3.40. The predicted molar refractivity (Wildman–Crippen MR) is 120 cm³/mol. The van der Waals surface area contributed by atoms with E-state index in [2.05, 4.69) is 50.1 Å². The Morgan fingerprint density at radius 3 is 2.65 bits per heavy atom. The second-order valence-electron chi connectivity index (χ2n) is 8.77. The molecule has 1 aromatic carbocycles. The first-order chi connectivity index (χ1) is 14.8. The molecular formula is C21H26BrFN6O2. The molecule has 166 valence electrons. The van der Waals surface area contributed by atoms with E-state index >= 15 is 4.39 Å². The van der Waals surface area contributed by atoms with E-state index in [1.165, 1.54) is 0 Å². The van der Waals surface area contributed by atoms with Crippen molar-refractivity contribution in [2.24, 2.45) is 0 Å². The lowest BCUT2D eigenvalue weighted by atomic mass is 10.0. The van der Waals surface area contributed by atoms with Crippen molar-refractivity contribution < 1.29 is 13.9 Å². The fourth-order valence-electron chi connectivity index (χ4n) is 4.69. The van der Waals surface area contributed by atoms with Crippen LogP contribution in [0.1, 0.15) is 24.0 Å². The molecule has 2 saturated heterocycles. The molecule has 1 unspecified atom stereocenters. The van der Waals surface area contributed by atoms with Crippen molar-refractivity contribution in [3.63, 3.8) is 0 Å². The maximum Gasteiger partial charge on any atom is 0.244 e. The summed E-state index contributed by atoms with van der Waals surface area (Å²) in [7, 11) is 5.91. The number of carbonyl (C=O) groups excluding carboxylic acids is 1. The largest absolute Gasteiger partial charge is 0.372 e. The van der Waals surface area contributed by atoms with Crippen LogP contribution in [0.15, 0.2) is 4.47 Å². The van der Waals surface area contributed by atoms with E-state index < -0.39 is 5.82 Å². The van der Waals surface area contributed by atoms with E-state index in [9.17, 15) is 4.79 Å².